The molecule has 0 saturated carbocycles. The fourth-order valence-corrected chi connectivity index (χ4v) is 3.07. The first-order valence-electron chi connectivity index (χ1n) is 9.55. The molecule has 1 aliphatic rings. The molecule has 0 aromatic heterocycles. The molecule has 1 aromatic carbocycles. The van der Waals surface area contributed by atoms with E-state index < -0.39 is 0 Å². The number of piperidine rings is 1. The quantitative estimate of drug-likeness (QED) is 0.268. The second kappa shape index (κ2) is 12.9. The molecule has 1 fully saturated rings. The highest BCUT2D eigenvalue weighted by Gasteiger charge is 2.14. The van der Waals surface area contributed by atoms with Crippen LogP contribution in [0.25, 0.3) is 0 Å². The molecule has 0 amide bonds. The lowest BCUT2D eigenvalue weighted by Crippen LogP contribution is -2.39. The highest BCUT2D eigenvalue weighted by atomic mass is 127. The highest BCUT2D eigenvalue weighted by molar-refractivity contribution is 14.0. The zero-order chi connectivity index (χ0) is 18.8. The standard InChI is InChI=1S/C20H30FN5.HI/c1-3-23-20(24-9-4-10-26-11-7-16(2)8-12-26)25-15-18-13-17(14-22)5-6-19(18)21;/h5-6,13,16H,3-4,7-12,15H2,1-2H3,(H2,23,24,25);1H. The molecular weight excluding hydrogens is 456 g/mol. The fourth-order valence-electron chi connectivity index (χ4n) is 3.07. The van der Waals surface area contributed by atoms with Crippen LogP contribution in [0.1, 0.15) is 44.2 Å². The van der Waals surface area contributed by atoms with E-state index in [0.29, 0.717) is 17.1 Å². The van der Waals surface area contributed by atoms with Gasteiger partial charge in [0.1, 0.15) is 5.82 Å². The number of guanidine groups is 1. The summed E-state index contributed by atoms with van der Waals surface area (Å²) >= 11 is 0. The molecule has 7 heteroatoms. The first-order chi connectivity index (χ1) is 12.6. The lowest BCUT2D eigenvalue weighted by molar-refractivity contribution is 0.191. The Balaban J connectivity index is 0.00000364. The SMILES string of the molecule is CCNC(=NCc1cc(C#N)ccc1F)NCCCN1CCC(C)CC1.I. The van der Waals surface area contributed by atoms with Crippen molar-refractivity contribution in [2.75, 3.05) is 32.7 Å². The molecule has 150 valence electrons. The van der Waals surface area contributed by atoms with Gasteiger partial charge in [0.05, 0.1) is 18.2 Å². The van der Waals surface area contributed by atoms with E-state index in [9.17, 15) is 4.39 Å². The predicted octanol–water partition coefficient (Wildman–Crippen LogP) is 3.49. The number of rotatable bonds is 7. The summed E-state index contributed by atoms with van der Waals surface area (Å²) in [5.41, 5.74) is 0.883. The van der Waals surface area contributed by atoms with Crippen LogP contribution in [0, 0.1) is 23.1 Å². The van der Waals surface area contributed by atoms with E-state index in [0.717, 1.165) is 32.0 Å². The van der Waals surface area contributed by atoms with Gasteiger partial charge in [-0.25, -0.2) is 9.38 Å². The zero-order valence-electron chi connectivity index (χ0n) is 16.3. The molecular formula is C20H31FIN5. The maximum absolute atomic E-state index is 13.9. The van der Waals surface area contributed by atoms with E-state index >= 15 is 0 Å². The van der Waals surface area contributed by atoms with Crippen LogP contribution >= 0.6 is 24.0 Å². The van der Waals surface area contributed by atoms with Crippen LogP contribution in [0.2, 0.25) is 0 Å². The Morgan fingerprint density at radius 3 is 2.74 bits per heavy atom. The van der Waals surface area contributed by atoms with Crippen molar-refractivity contribution in [3.8, 4) is 6.07 Å². The molecule has 2 rings (SSSR count). The molecule has 2 N–H and O–H groups in total. The topological polar surface area (TPSA) is 63.5 Å². The molecule has 27 heavy (non-hydrogen) atoms. The number of hydrogen-bond acceptors (Lipinski definition) is 3. The molecule has 0 spiro atoms. The molecule has 1 saturated heterocycles. The minimum Gasteiger partial charge on any atom is -0.357 e. The van der Waals surface area contributed by atoms with E-state index in [-0.39, 0.29) is 36.3 Å². The number of hydrogen-bond donors (Lipinski definition) is 2. The second-order valence-corrected chi connectivity index (χ2v) is 6.92. The first kappa shape index (κ1) is 23.6. The Morgan fingerprint density at radius 1 is 1.33 bits per heavy atom. The first-order valence-corrected chi connectivity index (χ1v) is 9.55. The maximum Gasteiger partial charge on any atom is 0.191 e. The van der Waals surface area contributed by atoms with Crippen LogP contribution in [0.5, 0.6) is 0 Å². The molecule has 0 atom stereocenters. The van der Waals surface area contributed by atoms with Crippen molar-refractivity contribution in [1.82, 2.24) is 15.5 Å². The van der Waals surface area contributed by atoms with Crippen LogP contribution < -0.4 is 10.6 Å². The van der Waals surface area contributed by atoms with Gasteiger partial charge in [-0.1, -0.05) is 6.92 Å². The van der Waals surface area contributed by atoms with Gasteiger partial charge in [-0.15, -0.1) is 24.0 Å². The lowest BCUT2D eigenvalue weighted by atomic mass is 9.99. The van der Waals surface area contributed by atoms with Crippen molar-refractivity contribution < 1.29 is 4.39 Å². The summed E-state index contributed by atoms with van der Waals surface area (Å²) in [6, 6.07) is 6.39. The van der Waals surface area contributed by atoms with Crippen molar-refractivity contribution in [3.63, 3.8) is 0 Å². The molecule has 0 aliphatic carbocycles. The Labute approximate surface area is 179 Å². The van der Waals surface area contributed by atoms with Crippen molar-refractivity contribution in [2.45, 2.75) is 39.7 Å². The van der Waals surface area contributed by atoms with Gasteiger partial charge in [0.15, 0.2) is 5.96 Å². The molecule has 0 radical (unpaired) electrons. The second-order valence-electron chi connectivity index (χ2n) is 6.92. The van der Waals surface area contributed by atoms with Gasteiger partial charge < -0.3 is 15.5 Å². The monoisotopic (exact) mass is 487 g/mol. The molecule has 1 aromatic rings. The molecule has 0 unspecified atom stereocenters. The average Bonchev–Trinajstić information content (AvgIpc) is 2.65. The Hall–Kier alpha value is -1.40. The normalized spacial score (nSPS) is 15.7. The Kier molecular flexibility index (Phi) is 11.3. The van der Waals surface area contributed by atoms with Crippen LogP contribution in [-0.2, 0) is 6.54 Å². The van der Waals surface area contributed by atoms with E-state index in [2.05, 4.69) is 27.4 Å². The van der Waals surface area contributed by atoms with Gasteiger partial charge in [0, 0.05) is 18.7 Å². The third-order valence-electron chi connectivity index (χ3n) is 4.75. The Morgan fingerprint density at radius 2 is 2.07 bits per heavy atom. The maximum atomic E-state index is 13.9. The summed E-state index contributed by atoms with van der Waals surface area (Å²) in [6.07, 6.45) is 3.65. The van der Waals surface area contributed by atoms with E-state index in [1.165, 1.54) is 38.1 Å². The summed E-state index contributed by atoms with van der Waals surface area (Å²) in [7, 11) is 0. The van der Waals surface area contributed by atoms with Gasteiger partial charge in [-0.3, -0.25) is 0 Å². The predicted molar refractivity (Wildman–Crippen MR) is 119 cm³/mol. The fraction of sp³-hybridized carbons (Fsp3) is 0.600. The minimum atomic E-state index is -0.331. The summed E-state index contributed by atoms with van der Waals surface area (Å²) in [4.78, 5) is 6.97. The van der Waals surface area contributed by atoms with E-state index in [1.807, 2.05) is 13.0 Å². The van der Waals surface area contributed by atoms with Gasteiger partial charge in [-0.2, -0.15) is 5.26 Å². The van der Waals surface area contributed by atoms with Crippen molar-refractivity contribution >= 4 is 29.9 Å². The number of aliphatic imine (C=N–C) groups is 1. The molecule has 0 bridgehead atoms. The van der Waals surface area contributed by atoms with Crippen LogP contribution in [0.3, 0.4) is 0 Å². The van der Waals surface area contributed by atoms with Crippen molar-refractivity contribution in [2.24, 2.45) is 10.9 Å². The molecule has 1 heterocycles. The van der Waals surface area contributed by atoms with Crippen LogP contribution in [0.15, 0.2) is 23.2 Å². The van der Waals surface area contributed by atoms with Gasteiger partial charge in [-0.05, 0) is 69.9 Å². The smallest absolute Gasteiger partial charge is 0.191 e. The minimum absolute atomic E-state index is 0. The third-order valence-corrected chi connectivity index (χ3v) is 4.75. The summed E-state index contributed by atoms with van der Waals surface area (Å²) in [5, 5.41) is 15.4. The van der Waals surface area contributed by atoms with Crippen LogP contribution in [-0.4, -0.2) is 43.6 Å². The lowest BCUT2D eigenvalue weighted by Gasteiger charge is -2.30. The average molecular weight is 487 g/mol. The number of nitrogens with one attached hydrogen (secondary N) is 2. The largest absolute Gasteiger partial charge is 0.357 e. The van der Waals surface area contributed by atoms with Gasteiger partial charge in [0.2, 0.25) is 0 Å². The summed E-state index contributed by atoms with van der Waals surface area (Å²) < 4.78 is 13.9. The third kappa shape index (κ3) is 8.43. The summed E-state index contributed by atoms with van der Waals surface area (Å²) in [6.45, 7) is 9.61. The van der Waals surface area contributed by atoms with Crippen molar-refractivity contribution in [1.29, 1.82) is 5.26 Å². The van der Waals surface area contributed by atoms with Gasteiger partial charge >= 0.3 is 0 Å². The Bertz CT molecular complexity index is 636. The number of nitriles is 1. The number of benzene rings is 1. The molecule has 5 nitrogen and oxygen atoms in total. The van der Waals surface area contributed by atoms with Crippen molar-refractivity contribution in [3.05, 3.63) is 35.1 Å². The molecule has 1 aliphatic heterocycles. The summed E-state index contributed by atoms with van der Waals surface area (Å²) in [5.74, 6) is 1.21. The van der Waals surface area contributed by atoms with E-state index in [1.54, 1.807) is 6.07 Å². The number of likely N-dealkylation sites (tertiary alicyclic amines) is 1. The highest BCUT2D eigenvalue weighted by Crippen LogP contribution is 2.15. The van der Waals surface area contributed by atoms with E-state index in [4.69, 9.17) is 5.26 Å². The number of nitrogens with zero attached hydrogens (tertiary/aromatic N) is 3. The van der Waals surface area contributed by atoms with Crippen LogP contribution in [0.4, 0.5) is 4.39 Å². The van der Waals surface area contributed by atoms with Gasteiger partial charge in [0.25, 0.3) is 0 Å². The number of halogens is 2. The zero-order valence-corrected chi connectivity index (χ0v) is 18.6.